The van der Waals surface area contributed by atoms with Crippen molar-refractivity contribution in [3.8, 4) is 0 Å². The monoisotopic (exact) mass is 334 g/mol. The minimum Gasteiger partial charge on any atom is -0.444 e. The van der Waals surface area contributed by atoms with Gasteiger partial charge in [-0.05, 0) is 27.2 Å². The lowest BCUT2D eigenvalue weighted by Gasteiger charge is -2.20. The summed E-state index contributed by atoms with van der Waals surface area (Å²) in [6, 6.07) is -0.116. The van der Waals surface area contributed by atoms with E-state index in [2.05, 4.69) is 20.9 Å². The number of hydrogen-bond donors (Lipinski definition) is 3. The lowest BCUT2D eigenvalue weighted by atomic mass is 10.2. The molecule has 0 radical (unpaired) electrons. The molecule has 1 atom stereocenters. The molecule has 0 aromatic carbocycles. The van der Waals surface area contributed by atoms with E-state index in [9.17, 15) is 13.2 Å². The fraction of sp³-hybridized carbons (Fsp3) is 0.846. The Bertz CT molecular complexity index is 511. The van der Waals surface area contributed by atoms with Crippen LogP contribution >= 0.6 is 0 Å². The summed E-state index contributed by atoms with van der Waals surface area (Å²) in [5.74, 6) is 0.860. The van der Waals surface area contributed by atoms with Crippen molar-refractivity contribution in [2.75, 3.05) is 31.6 Å². The van der Waals surface area contributed by atoms with Crippen LogP contribution in [0.5, 0.6) is 0 Å². The molecule has 1 amide bonds. The lowest BCUT2D eigenvalue weighted by Crippen LogP contribution is -2.46. The highest BCUT2D eigenvalue weighted by Crippen LogP contribution is 2.10. The smallest absolute Gasteiger partial charge is 0.407 e. The lowest BCUT2D eigenvalue weighted by molar-refractivity contribution is 0.0529. The van der Waals surface area contributed by atoms with Crippen LogP contribution < -0.4 is 16.0 Å². The van der Waals surface area contributed by atoms with Gasteiger partial charge in [-0.1, -0.05) is 0 Å². The zero-order valence-electron chi connectivity index (χ0n) is 13.6. The molecule has 8 nitrogen and oxygen atoms in total. The van der Waals surface area contributed by atoms with Crippen LogP contribution in [0.4, 0.5) is 4.79 Å². The number of carbonyl (C=O) groups excluding carboxylic acids is 1. The Balaban J connectivity index is 2.24. The van der Waals surface area contributed by atoms with Crippen LogP contribution in [-0.4, -0.2) is 63.8 Å². The predicted molar refractivity (Wildman–Crippen MR) is 85.8 cm³/mol. The largest absolute Gasteiger partial charge is 0.444 e. The molecule has 0 bridgehead atoms. The van der Waals surface area contributed by atoms with Gasteiger partial charge in [0.15, 0.2) is 15.8 Å². The van der Waals surface area contributed by atoms with Crippen LogP contribution in [-0.2, 0) is 14.6 Å². The first-order chi connectivity index (χ1) is 10.1. The molecule has 1 unspecified atom stereocenters. The Morgan fingerprint density at radius 1 is 1.27 bits per heavy atom. The van der Waals surface area contributed by atoms with E-state index in [-0.39, 0.29) is 17.5 Å². The fourth-order valence-corrected chi connectivity index (χ4v) is 3.63. The summed E-state index contributed by atoms with van der Waals surface area (Å²) in [5, 5.41) is 8.70. The SMILES string of the molecule is CN=C(NCCNC(=O)OC(C)(C)C)NC1CCS(=O)(=O)C1. The molecule has 1 heterocycles. The van der Waals surface area contributed by atoms with Gasteiger partial charge in [-0.2, -0.15) is 0 Å². The summed E-state index contributed by atoms with van der Waals surface area (Å²) in [7, 11) is -1.31. The first kappa shape index (κ1) is 18.5. The maximum absolute atomic E-state index is 11.4. The Morgan fingerprint density at radius 2 is 1.91 bits per heavy atom. The maximum Gasteiger partial charge on any atom is 0.407 e. The normalized spacial score (nSPS) is 21.3. The molecule has 1 saturated heterocycles. The van der Waals surface area contributed by atoms with Gasteiger partial charge in [0.05, 0.1) is 11.5 Å². The van der Waals surface area contributed by atoms with E-state index in [0.29, 0.717) is 25.5 Å². The third-order valence-corrected chi connectivity index (χ3v) is 4.65. The third kappa shape index (κ3) is 7.48. The summed E-state index contributed by atoms with van der Waals surface area (Å²) >= 11 is 0. The Kier molecular flexibility index (Phi) is 6.46. The quantitative estimate of drug-likeness (QED) is 0.375. The minimum atomic E-state index is -2.92. The Morgan fingerprint density at radius 3 is 2.41 bits per heavy atom. The van der Waals surface area contributed by atoms with Gasteiger partial charge >= 0.3 is 6.09 Å². The highest BCUT2D eigenvalue weighted by atomic mass is 32.2. The molecular formula is C13H26N4O4S. The minimum absolute atomic E-state index is 0.116. The van der Waals surface area contributed by atoms with Gasteiger partial charge in [-0.3, -0.25) is 4.99 Å². The number of rotatable bonds is 4. The maximum atomic E-state index is 11.4. The number of nitrogens with zero attached hydrogens (tertiary/aromatic N) is 1. The second-order valence-corrected chi connectivity index (χ2v) is 8.40. The first-order valence-electron chi connectivity index (χ1n) is 7.26. The van der Waals surface area contributed by atoms with Gasteiger partial charge in [0.1, 0.15) is 5.60 Å². The van der Waals surface area contributed by atoms with Gasteiger partial charge in [-0.25, -0.2) is 13.2 Å². The first-order valence-corrected chi connectivity index (χ1v) is 9.08. The van der Waals surface area contributed by atoms with E-state index in [4.69, 9.17) is 4.74 Å². The van der Waals surface area contributed by atoms with E-state index in [1.165, 1.54) is 0 Å². The summed E-state index contributed by atoms with van der Waals surface area (Å²) in [5.41, 5.74) is -0.525. The van der Waals surface area contributed by atoms with Gasteiger partial charge < -0.3 is 20.7 Å². The Hall–Kier alpha value is -1.51. The number of alkyl carbamates (subject to hydrolysis) is 1. The van der Waals surface area contributed by atoms with E-state index in [1.807, 2.05) is 0 Å². The van der Waals surface area contributed by atoms with Crippen molar-refractivity contribution in [2.24, 2.45) is 4.99 Å². The number of aliphatic imine (C=N–C) groups is 1. The van der Waals surface area contributed by atoms with E-state index in [0.717, 1.165) is 0 Å². The topological polar surface area (TPSA) is 109 Å². The molecule has 0 aromatic heterocycles. The molecule has 128 valence electrons. The molecule has 1 aliphatic heterocycles. The van der Waals surface area contributed by atoms with Crippen molar-refractivity contribution in [1.82, 2.24) is 16.0 Å². The molecule has 9 heteroatoms. The van der Waals surface area contributed by atoms with Crippen LogP contribution in [0, 0.1) is 0 Å². The zero-order chi connectivity index (χ0) is 16.8. The Labute approximate surface area is 132 Å². The molecule has 0 saturated carbocycles. The van der Waals surface area contributed by atoms with Crippen molar-refractivity contribution in [3.05, 3.63) is 0 Å². The van der Waals surface area contributed by atoms with Crippen LogP contribution in [0.25, 0.3) is 0 Å². The zero-order valence-corrected chi connectivity index (χ0v) is 14.4. The van der Waals surface area contributed by atoms with Crippen LogP contribution in [0.1, 0.15) is 27.2 Å². The summed E-state index contributed by atoms with van der Waals surface area (Å²) in [6.45, 7) is 6.22. The van der Waals surface area contributed by atoms with E-state index >= 15 is 0 Å². The number of amides is 1. The highest BCUT2D eigenvalue weighted by molar-refractivity contribution is 7.91. The molecule has 0 spiro atoms. The summed E-state index contributed by atoms with van der Waals surface area (Å²) in [4.78, 5) is 15.5. The van der Waals surface area contributed by atoms with E-state index < -0.39 is 21.5 Å². The average molecular weight is 334 g/mol. The number of nitrogens with one attached hydrogen (secondary N) is 3. The summed E-state index contributed by atoms with van der Waals surface area (Å²) < 4.78 is 27.9. The second-order valence-electron chi connectivity index (χ2n) is 6.17. The molecule has 1 rings (SSSR count). The van der Waals surface area contributed by atoms with Crippen molar-refractivity contribution in [3.63, 3.8) is 0 Å². The van der Waals surface area contributed by atoms with E-state index in [1.54, 1.807) is 27.8 Å². The summed E-state index contributed by atoms with van der Waals surface area (Å²) in [6.07, 6.45) is 0.110. The number of carbonyl (C=O) groups is 1. The second kappa shape index (κ2) is 7.66. The van der Waals surface area contributed by atoms with Crippen LogP contribution in [0.15, 0.2) is 4.99 Å². The van der Waals surface area contributed by atoms with Crippen molar-refractivity contribution in [1.29, 1.82) is 0 Å². The van der Waals surface area contributed by atoms with Gasteiger partial charge in [0, 0.05) is 26.2 Å². The molecule has 0 aromatic rings. The van der Waals surface area contributed by atoms with Crippen molar-refractivity contribution in [2.45, 2.75) is 38.8 Å². The van der Waals surface area contributed by atoms with Gasteiger partial charge in [-0.15, -0.1) is 0 Å². The van der Waals surface area contributed by atoms with Crippen LogP contribution in [0.3, 0.4) is 0 Å². The number of ether oxygens (including phenoxy) is 1. The van der Waals surface area contributed by atoms with Crippen LogP contribution in [0.2, 0.25) is 0 Å². The van der Waals surface area contributed by atoms with Gasteiger partial charge in [0.2, 0.25) is 0 Å². The fourth-order valence-electron chi connectivity index (χ4n) is 1.96. The van der Waals surface area contributed by atoms with Crippen molar-refractivity contribution < 1.29 is 17.9 Å². The molecule has 3 N–H and O–H groups in total. The predicted octanol–water partition coefficient (Wildman–Crippen LogP) is -0.137. The molecule has 0 aliphatic carbocycles. The number of hydrogen-bond acceptors (Lipinski definition) is 5. The number of sulfone groups is 1. The molecule has 1 fully saturated rings. The molecular weight excluding hydrogens is 308 g/mol. The molecule has 1 aliphatic rings. The average Bonchev–Trinajstić information content (AvgIpc) is 2.70. The van der Waals surface area contributed by atoms with Gasteiger partial charge in [0.25, 0.3) is 0 Å². The highest BCUT2D eigenvalue weighted by Gasteiger charge is 2.28. The molecule has 22 heavy (non-hydrogen) atoms. The standard InChI is InChI=1S/C13H26N4O4S/c1-13(2,3)21-12(18)16-7-6-15-11(14-4)17-10-5-8-22(19,20)9-10/h10H,5-9H2,1-4H3,(H,16,18)(H2,14,15,17). The number of guanidine groups is 1. The van der Waals surface area contributed by atoms with Crippen molar-refractivity contribution >= 4 is 21.9 Å². The third-order valence-electron chi connectivity index (χ3n) is 2.88.